The first-order valence-electron chi connectivity index (χ1n) is 11.8. The van der Waals surface area contributed by atoms with Crippen LogP contribution in [0.1, 0.15) is 43.9 Å². The zero-order valence-electron chi connectivity index (χ0n) is 21.6. The van der Waals surface area contributed by atoms with Crippen molar-refractivity contribution in [2.75, 3.05) is 23.7 Å². The van der Waals surface area contributed by atoms with Crippen LogP contribution >= 0.6 is 23.2 Å². The van der Waals surface area contributed by atoms with Crippen molar-refractivity contribution >= 4 is 50.7 Å². The van der Waals surface area contributed by atoms with Crippen LogP contribution in [-0.4, -0.2) is 50.5 Å². The van der Waals surface area contributed by atoms with Crippen molar-refractivity contribution in [3.05, 3.63) is 63.1 Å². The van der Waals surface area contributed by atoms with Crippen molar-refractivity contribution in [1.29, 1.82) is 0 Å². The summed E-state index contributed by atoms with van der Waals surface area (Å²) in [4.78, 5) is 28.3. The Labute approximate surface area is 224 Å². The van der Waals surface area contributed by atoms with E-state index >= 15 is 0 Å². The zero-order chi connectivity index (χ0) is 27.2. The number of halogens is 2. The summed E-state index contributed by atoms with van der Waals surface area (Å²) in [7, 11) is -3.82. The maximum absolute atomic E-state index is 13.8. The Morgan fingerprint density at radius 1 is 1.06 bits per heavy atom. The molecule has 2 rings (SSSR count). The summed E-state index contributed by atoms with van der Waals surface area (Å²) >= 11 is 12.8. The predicted octanol–water partition coefficient (Wildman–Crippen LogP) is 4.96. The van der Waals surface area contributed by atoms with Crippen LogP contribution in [0.3, 0.4) is 0 Å². The van der Waals surface area contributed by atoms with Crippen molar-refractivity contribution in [2.24, 2.45) is 5.92 Å². The highest BCUT2D eigenvalue weighted by Crippen LogP contribution is 2.28. The van der Waals surface area contributed by atoms with Gasteiger partial charge in [0.1, 0.15) is 12.6 Å². The van der Waals surface area contributed by atoms with Gasteiger partial charge in [-0.1, -0.05) is 62.2 Å². The van der Waals surface area contributed by atoms with Crippen molar-refractivity contribution in [3.63, 3.8) is 0 Å². The summed E-state index contributed by atoms with van der Waals surface area (Å²) in [6.45, 7) is 9.31. The van der Waals surface area contributed by atoms with Crippen LogP contribution in [0.4, 0.5) is 5.69 Å². The molecule has 10 heteroatoms. The van der Waals surface area contributed by atoms with E-state index in [2.05, 4.69) is 5.32 Å². The van der Waals surface area contributed by atoms with Gasteiger partial charge in [0.2, 0.25) is 21.8 Å². The Balaban J connectivity index is 2.53. The number of hydrogen-bond acceptors (Lipinski definition) is 4. The number of carbonyl (C=O) groups is 2. The molecule has 0 saturated carbocycles. The van der Waals surface area contributed by atoms with E-state index in [9.17, 15) is 18.0 Å². The molecule has 0 radical (unpaired) electrons. The molecule has 0 bridgehead atoms. The van der Waals surface area contributed by atoms with Gasteiger partial charge in [0.15, 0.2) is 0 Å². The lowest BCUT2D eigenvalue weighted by molar-refractivity contribution is -0.140. The molecule has 0 aliphatic carbocycles. The monoisotopic (exact) mass is 555 g/mol. The second-order valence-corrected chi connectivity index (χ2v) is 12.1. The van der Waals surface area contributed by atoms with E-state index in [-0.39, 0.29) is 18.4 Å². The SMILES string of the molecule is CCC(C(=O)NCC(C)C)N(Cc1c(Cl)cccc1Cl)C(=O)CN(c1cc(C)ccc1C)S(C)(=O)=O. The van der Waals surface area contributed by atoms with E-state index in [4.69, 9.17) is 23.2 Å². The summed E-state index contributed by atoms with van der Waals surface area (Å²) in [5, 5.41) is 3.59. The number of rotatable bonds is 11. The number of hydrogen-bond donors (Lipinski definition) is 1. The molecule has 0 fully saturated rings. The first kappa shape index (κ1) is 29.9. The van der Waals surface area contributed by atoms with Crippen molar-refractivity contribution < 1.29 is 18.0 Å². The van der Waals surface area contributed by atoms with Gasteiger partial charge in [0.25, 0.3) is 0 Å². The Kier molecular flexibility index (Phi) is 10.6. The second-order valence-electron chi connectivity index (χ2n) is 9.34. The molecule has 0 spiro atoms. The molecular formula is C26H35Cl2N3O4S. The molecular weight excluding hydrogens is 521 g/mol. The number of nitrogens with zero attached hydrogens (tertiary/aromatic N) is 2. The summed E-state index contributed by atoms with van der Waals surface area (Å²) in [5.41, 5.74) is 2.47. The van der Waals surface area contributed by atoms with Crippen LogP contribution in [-0.2, 0) is 26.2 Å². The third-order valence-corrected chi connectivity index (χ3v) is 7.61. The normalized spacial score (nSPS) is 12.4. The molecule has 2 aromatic carbocycles. The molecule has 2 amide bonds. The van der Waals surface area contributed by atoms with Crippen molar-refractivity contribution in [1.82, 2.24) is 10.2 Å². The smallest absolute Gasteiger partial charge is 0.244 e. The lowest BCUT2D eigenvalue weighted by atomic mass is 10.1. The maximum Gasteiger partial charge on any atom is 0.244 e. The molecule has 1 atom stereocenters. The molecule has 0 saturated heterocycles. The van der Waals surface area contributed by atoms with Crippen LogP contribution in [0, 0.1) is 19.8 Å². The molecule has 0 aliphatic rings. The first-order valence-corrected chi connectivity index (χ1v) is 14.4. The van der Waals surface area contributed by atoms with Crippen molar-refractivity contribution in [2.45, 2.75) is 53.6 Å². The summed E-state index contributed by atoms with van der Waals surface area (Å²) in [5.74, 6) is -0.636. The lowest BCUT2D eigenvalue weighted by Gasteiger charge is -2.33. The molecule has 0 aromatic heterocycles. The van der Waals surface area contributed by atoms with Crippen LogP contribution in [0.2, 0.25) is 10.0 Å². The molecule has 1 N–H and O–H groups in total. The molecule has 1 unspecified atom stereocenters. The Morgan fingerprint density at radius 3 is 2.19 bits per heavy atom. The maximum atomic E-state index is 13.8. The van der Waals surface area contributed by atoms with Crippen LogP contribution in [0.15, 0.2) is 36.4 Å². The van der Waals surface area contributed by atoms with Crippen LogP contribution in [0.5, 0.6) is 0 Å². The summed E-state index contributed by atoms with van der Waals surface area (Å²) in [6.07, 6.45) is 1.38. The van der Waals surface area contributed by atoms with Gasteiger partial charge in [0.05, 0.1) is 11.9 Å². The largest absolute Gasteiger partial charge is 0.354 e. The standard InChI is InChI=1S/C26H35Cl2N3O4S/c1-7-23(26(33)29-14-17(2)3)30(15-20-21(27)9-8-10-22(20)28)25(32)16-31(36(6,34)35)24-13-18(4)11-12-19(24)5/h8-13,17,23H,7,14-16H2,1-6H3,(H,29,33). The number of benzene rings is 2. The fourth-order valence-electron chi connectivity index (χ4n) is 3.78. The molecule has 198 valence electrons. The second kappa shape index (κ2) is 12.8. The average Bonchev–Trinajstić information content (AvgIpc) is 2.78. The number of aryl methyl sites for hydroxylation is 2. The minimum atomic E-state index is -3.82. The number of anilines is 1. The van der Waals surface area contributed by atoms with Gasteiger partial charge in [-0.05, 0) is 55.5 Å². The number of sulfonamides is 1. The highest BCUT2D eigenvalue weighted by atomic mass is 35.5. The number of amides is 2. The van der Waals surface area contributed by atoms with Gasteiger partial charge < -0.3 is 10.2 Å². The average molecular weight is 557 g/mol. The van der Waals surface area contributed by atoms with Gasteiger partial charge in [-0.25, -0.2) is 8.42 Å². The highest BCUT2D eigenvalue weighted by Gasteiger charge is 2.33. The Bertz CT molecular complexity index is 1180. The van der Waals surface area contributed by atoms with E-state index in [1.165, 1.54) is 4.90 Å². The summed E-state index contributed by atoms with van der Waals surface area (Å²) < 4.78 is 26.7. The van der Waals surface area contributed by atoms with Crippen molar-refractivity contribution in [3.8, 4) is 0 Å². The predicted molar refractivity (Wildman–Crippen MR) is 147 cm³/mol. The van der Waals surface area contributed by atoms with E-state index in [0.717, 1.165) is 16.1 Å². The van der Waals surface area contributed by atoms with Gasteiger partial charge in [-0.3, -0.25) is 13.9 Å². The molecule has 7 nitrogen and oxygen atoms in total. The number of carbonyl (C=O) groups excluding carboxylic acids is 2. The van der Waals surface area contributed by atoms with Gasteiger partial charge in [-0.15, -0.1) is 0 Å². The zero-order valence-corrected chi connectivity index (χ0v) is 24.0. The lowest BCUT2D eigenvalue weighted by Crippen LogP contribution is -2.52. The topological polar surface area (TPSA) is 86.8 Å². The molecule has 2 aromatic rings. The fourth-order valence-corrected chi connectivity index (χ4v) is 5.19. The quantitative estimate of drug-likeness (QED) is 0.424. The van der Waals surface area contributed by atoms with E-state index in [0.29, 0.717) is 39.8 Å². The number of nitrogens with one attached hydrogen (secondary N) is 1. The molecule has 36 heavy (non-hydrogen) atoms. The minimum absolute atomic E-state index is 0.0463. The van der Waals surface area contributed by atoms with Crippen LogP contribution in [0.25, 0.3) is 0 Å². The van der Waals surface area contributed by atoms with Gasteiger partial charge in [-0.2, -0.15) is 0 Å². The third kappa shape index (κ3) is 7.85. The van der Waals surface area contributed by atoms with E-state index < -0.39 is 28.5 Å². The Morgan fingerprint density at radius 2 is 1.67 bits per heavy atom. The van der Waals surface area contributed by atoms with Gasteiger partial charge >= 0.3 is 0 Å². The first-order chi connectivity index (χ1) is 16.8. The van der Waals surface area contributed by atoms with Crippen LogP contribution < -0.4 is 9.62 Å². The van der Waals surface area contributed by atoms with E-state index in [1.54, 1.807) is 38.1 Å². The molecule has 0 heterocycles. The van der Waals surface area contributed by atoms with E-state index in [1.807, 2.05) is 32.9 Å². The Hall–Kier alpha value is -2.29. The molecule has 0 aliphatic heterocycles. The minimum Gasteiger partial charge on any atom is -0.354 e. The highest BCUT2D eigenvalue weighted by molar-refractivity contribution is 7.92. The fraction of sp³-hybridized carbons (Fsp3) is 0.462. The third-order valence-electron chi connectivity index (χ3n) is 5.77. The summed E-state index contributed by atoms with van der Waals surface area (Å²) in [6, 6.07) is 9.57. The van der Waals surface area contributed by atoms with Gasteiger partial charge in [0, 0.05) is 28.7 Å².